The molecule has 0 spiro atoms. The first-order chi connectivity index (χ1) is 9.13. The molecule has 2 aliphatic carbocycles. The molecule has 4 unspecified atom stereocenters. The Kier molecular flexibility index (Phi) is 3.49. The van der Waals surface area contributed by atoms with Crippen LogP contribution < -0.4 is 5.32 Å². The highest BCUT2D eigenvalue weighted by Crippen LogP contribution is 2.45. The number of fused-ring (bicyclic) bond motifs is 2. The van der Waals surface area contributed by atoms with Crippen molar-refractivity contribution in [2.75, 3.05) is 0 Å². The minimum Gasteiger partial charge on any atom is -0.307 e. The van der Waals surface area contributed by atoms with Crippen LogP contribution in [0.25, 0.3) is 0 Å². The summed E-state index contributed by atoms with van der Waals surface area (Å²) in [5.74, 6) is 2.54. The van der Waals surface area contributed by atoms with Gasteiger partial charge < -0.3 is 5.32 Å². The van der Waals surface area contributed by atoms with Crippen molar-refractivity contribution >= 4 is 0 Å². The third-order valence-corrected chi connectivity index (χ3v) is 5.06. The average Bonchev–Trinajstić information content (AvgIpc) is 3.01. The van der Waals surface area contributed by atoms with E-state index in [-0.39, 0.29) is 0 Å². The van der Waals surface area contributed by atoms with Gasteiger partial charge in [0.25, 0.3) is 0 Å². The Morgan fingerprint density at radius 1 is 1.05 bits per heavy atom. The van der Waals surface area contributed by atoms with Crippen molar-refractivity contribution in [3.63, 3.8) is 0 Å². The molecule has 0 heterocycles. The molecular formula is C18H25N. The molecule has 0 radical (unpaired) electrons. The summed E-state index contributed by atoms with van der Waals surface area (Å²) in [4.78, 5) is 0. The molecule has 5 atom stereocenters. The van der Waals surface area contributed by atoms with E-state index >= 15 is 0 Å². The van der Waals surface area contributed by atoms with Gasteiger partial charge in [-0.25, -0.2) is 0 Å². The van der Waals surface area contributed by atoms with Crippen LogP contribution in [0, 0.1) is 24.7 Å². The van der Waals surface area contributed by atoms with E-state index in [0.29, 0.717) is 12.1 Å². The molecule has 102 valence electrons. The number of aryl methyl sites for hydroxylation is 1. The molecule has 1 aromatic rings. The van der Waals surface area contributed by atoms with E-state index in [1.165, 1.54) is 24.0 Å². The van der Waals surface area contributed by atoms with Crippen LogP contribution >= 0.6 is 0 Å². The van der Waals surface area contributed by atoms with Gasteiger partial charge in [-0.05, 0) is 56.9 Å². The number of rotatable bonds is 4. The van der Waals surface area contributed by atoms with E-state index in [4.69, 9.17) is 0 Å². The SMILES string of the molecule is Cc1ccc([C@@H](C)NC(C)C2CC3C=CC2C3)cc1. The molecule has 0 aliphatic heterocycles. The quantitative estimate of drug-likeness (QED) is 0.793. The van der Waals surface area contributed by atoms with Gasteiger partial charge in [0.15, 0.2) is 0 Å². The van der Waals surface area contributed by atoms with Crippen molar-refractivity contribution in [2.24, 2.45) is 17.8 Å². The van der Waals surface area contributed by atoms with Crippen LogP contribution in [0.5, 0.6) is 0 Å². The lowest BCUT2D eigenvalue weighted by atomic mass is 9.87. The van der Waals surface area contributed by atoms with Crippen LogP contribution in [0.3, 0.4) is 0 Å². The van der Waals surface area contributed by atoms with Gasteiger partial charge in [-0.15, -0.1) is 0 Å². The van der Waals surface area contributed by atoms with E-state index in [9.17, 15) is 0 Å². The minimum absolute atomic E-state index is 0.443. The highest BCUT2D eigenvalue weighted by molar-refractivity contribution is 5.24. The summed E-state index contributed by atoms with van der Waals surface area (Å²) in [6.07, 6.45) is 7.66. The van der Waals surface area contributed by atoms with Crippen molar-refractivity contribution in [2.45, 2.75) is 45.7 Å². The molecule has 0 saturated heterocycles. The van der Waals surface area contributed by atoms with Gasteiger partial charge in [-0.3, -0.25) is 0 Å². The van der Waals surface area contributed by atoms with Crippen molar-refractivity contribution in [1.82, 2.24) is 5.32 Å². The largest absolute Gasteiger partial charge is 0.307 e. The van der Waals surface area contributed by atoms with Gasteiger partial charge in [0, 0.05) is 12.1 Å². The minimum atomic E-state index is 0.443. The summed E-state index contributed by atoms with van der Waals surface area (Å²) in [6, 6.07) is 9.97. The van der Waals surface area contributed by atoms with Crippen LogP contribution in [0.2, 0.25) is 0 Å². The Labute approximate surface area is 117 Å². The lowest BCUT2D eigenvalue weighted by Crippen LogP contribution is -2.37. The maximum absolute atomic E-state index is 3.81. The lowest BCUT2D eigenvalue weighted by Gasteiger charge is -2.29. The topological polar surface area (TPSA) is 12.0 Å². The zero-order valence-electron chi connectivity index (χ0n) is 12.3. The summed E-state index contributed by atoms with van der Waals surface area (Å²) < 4.78 is 0. The Morgan fingerprint density at radius 2 is 1.79 bits per heavy atom. The summed E-state index contributed by atoms with van der Waals surface area (Å²) in [6.45, 7) is 6.79. The van der Waals surface area contributed by atoms with Gasteiger partial charge in [-0.2, -0.15) is 0 Å². The van der Waals surface area contributed by atoms with Crippen LogP contribution in [0.15, 0.2) is 36.4 Å². The maximum atomic E-state index is 3.81. The van der Waals surface area contributed by atoms with Crippen molar-refractivity contribution in [3.05, 3.63) is 47.5 Å². The number of nitrogens with one attached hydrogen (secondary N) is 1. The fraction of sp³-hybridized carbons (Fsp3) is 0.556. The molecular weight excluding hydrogens is 230 g/mol. The van der Waals surface area contributed by atoms with Gasteiger partial charge in [-0.1, -0.05) is 42.0 Å². The molecule has 19 heavy (non-hydrogen) atoms. The normalized spacial score (nSPS) is 31.6. The third-order valence-electron chi connectivity index (χ3n) is 5.06. The zero-order chi connectivity index (χ0) is 13.4. The second kappa shape index (κ2) is 5.13. The standard InChI is InChI=1S/C18H25N/c1-12-4-7-16(8-5-12)13(2)19-14(3)18-11-15-6-9-17(18)10-15/h4-9,13-15,17-19H,10-11H2,1-3H3/t13-,14?,15?,17?,18?/m1/s1. The van der Waals surface area contributed by atoms with E-state index in [2.05, 4.69) is 62.5 Å². The van der Waals surface area contributed by atoms with Crippen LogP contribution in [-0.2, 0) is 0 Å². The smallest absolute Gasteiger partial charge is 0.0294 e. The predicted molar refractivity (Wildman–Crippen MR) is 81.0 cm³/mol. The third kappa shape index (κ3) is 2.62. The summed E-state index contributed by atoms with van der Waals surface area (Å²) in [7, 11) is 0. The van der Waals surface area contributed by atoms with Crippen molar-refractivity contribution < 1.29 is 0 Å². The number of allylic oxidation sites excluding steroid dienone is 2. The van der Waals surface area contributed by atoms with Gasteiger partial charge in [0.1, 0.15) is 0 Å². The fourth-order valence-electron chi connectivity index (χ4n) is 3.87. The average molecular weight is 255 g/mol. The highest BCUT2D eigenvalue weighted by Gasteiger charge is 2.38. The molecule has 1 aromatic carbocycles. The Bertz CT molecular complexity index is 459. The molecule has 1 N–H and O–H groups in total. The molecule has 1 nitrogen and oxygen atoms in total. The van der Waals surface area contributed by atoms with E-state index in [1.54, 1.807) is 0 Å². The molecule has 2 aliphatic rings. The number of hydrogen-bond acceptors (Lipinski definition) is 1. The van der Waals surface area contributed by atoms with E-state index < -0.39 is 0 Å². The summed E-state index contributed by atoms with van der Waals surface area (Å²) >= 11 is 0. The molecule has 1 saturated carbocycles. The Balaban J connectivity index is 1.61. The van der Waals surface area contributed by atoms with Crippen LogP contribution in [-0.4, -0.2) is 6.04 Å². The molecule has 0 amide bonds. The van der Waals surface area contributed by atoms with Gasteiger partial charge in [0.05, 0.1) is 0 Å². The molecule has 1 heteroatoms. The molecule has 1 fully saturated rings. The van der Waals surface area contributed by atoms with E-state index in [0.717, 1.165) is 17.8 Å². The van der Waals surface area contributed by atoms with Crippen LogP contribution in [0.4, 0.5) is 0 Å². The maximum Gasteiger partial charge on any atom is 0.0294 e. The summed E-state index contributed by atoms with van der Waals surface area (Å²) in [5, 5.41) is 3.81. The second-order valence-corrected chi connectivity index (χ2v) is 6.53. The molecule has 0 aromatic heterocycles. The molecule has 3 rings (SSSR count). The molecule has 2 bridgehead atoms. The van der Waals surface area contributed by atoms with E-state index in [1.807, 2.05) is 0 Å². The van der Waals surface area contributed by atoms with Gasteiger partial charge >= 0.3 is 0 Å². The predicted octanol–water partition coefficient (Wildman–Crippen LogP) is 4.25. The highest BCUT2D eigenvalue weighted by atomic mass is 14.9. The number of benzene rings is 1. The number of hydrogen-bond donors (Lipinski definition) is 1. The van der Waals surface area contributed by atoms with Crippen molar-refractivity contribution in [3.8, 4) is 0 Å². The first-order valence-electron chi connectivity index (χ1n) is 7.64. The first kappa shape index (κ1) is 12.9. The first-order valence-corrected chi connectivity index (χ1v) is 7.64. The lowest BCUT2D eigenvalue weighted by molar-refractivity contribution is 0.307. The monoisotopic (exact) mass is 255 g/mol. The fourth-order valence-corrected chi connectivity index (χ4v) is 3.87. The zero-order valence-corrected chi connectivity index (χ0v) is 12.3. The van der Waals surface area contributed by atoms with Gasteiger partial charge in [0.2, 0.25) is 0 Å². The Hall–Kier alpha value is -1.08. The second-order valence-electron chi connectivity index (χ2n) is 6.53. The van der Waals surface area contributed by atoms with Crippen LogP contribution in [0.1, 0.15) is 43.9 Å². The Morgan fingerprint density at radius 3 is 2.37 bits per heavy atom. The van der Waals surface area contributed by atoms with Crippen molar-refractivity contribution in [1.29, 1.82) is 0 Å². The summed E-state index contributed by atoms with van der Waals surface area (Å²) in [5.41, 5.74) is 2.73.